The van der Waals surface area contributed by atoms with Crippen LogP contribution in [0.2, 0.25) is 0 Å². The quantitative estimate of drug-likeness (QED) is 0.514. The first-order valence-corrected chi connectivity index (χ1v) is 5.77. The lowest BCUT2D eigenvalue weighted by Gasteiger charge is -2.09. The third-order valence-electron chi connectivity index (χ3n) is 2.77. The fraction of sp³-hybridized carbons (Fsp3) is 0.143. The maximum absolute atomic E-state index is 13.4. The summed E-state index contributed by atoms with van der Waals surface area (Å²) < 4.78 is 65.5. The van der Waals surface area contributed by atoms with Crippen LogP contribution in [0.25, 0.3) is 0 Å². The summed E-state index contributed by atoms with van der Waals surface area (Å²) in [6.07, 6.45) is 0. The average molecular weight is 287 g/mol. The summed E-state index contributed by atoms with van der Waals surface area (Å²) in [5.74, 6) is -9.61. The highest BCUT2D eigenvalue weighted by Gasteiger charge is 2.25. The molecule has 0 bridgehead atoms. The van der Waals surface area contributed by atoms with E-state index < -0.39 is 41.2 Å². The van der Waals surface area contributed by atoms with Gasteiger partial charge < -0.3 is 5.32 Å². The molecule has 0 aliphatic heterocycles. The minimum atomic E-state index is -2.15. The summed E-state index contributed by atoms with van der Waals surface area (Å²) in [4.78, 5) is 0. The zero-order chi connectivity index (χ0) is 14.7. The maximum atomic E-state index is 13.4. The molecule has 0 amide bonds. The monoisotopic (exact) mass is 287 g/mol. The smallest absolute Gasteiger partial charge is 0.200 e. The number of rotatable bonds is 4. The van der Waals surface area contributed by atoms with Gasteiger partial charge in [0, 0.05) is 18.7 Å². The molecular weight excluding hydrogens is 277 g/mol. The van der Waals surface area contributed by atoms with E-state index in [0.29, 0.717) is 0 Å². The molecule has 0 fully saturated rings. The van der Waals surface area contributed by atoms with E-state index in [4.69, 9.17) is 0 Å². The van der Waals surface area contributed by atoms with Crippen molar-refractivity contribution in [3.8, 4) is 0 Å². The van der Waals surface area contributed by atoms with Gasteiger partial charge in [0.2, 0.25) is 5.82 Å². The van der Waals surface area contributed by atoms with Crippen molar-refractivity contribution in [2.24, 2.45) is 0 Å². The Balaban J connectivity index is 2.14. The van der Waals surface area contributed by atoms with Crippen LogP contribution >= 0.6 is 0 Å². The normalized spacial score (nSPS) is 10.8. The molecule has 2 aromatic rings. The summed E-state index contributed by atoms with van der Waals surface area (Å²) in [5, 5.41) is 2.64. The van der Waals surface area contributed by atoms with Crippen molar-refractivity contribution >= 4 is 0 Å². The number of hydrogen-bond donors (Lipinski definition) is 1. The molecule has 0 radical (unpaired) electrons. The molecule has 106 valence electrons. The molecule has 0 spiro atoms. The predicted octanol–water partition coefficient (Wildman–Crippen LogP) is 3.67. The molecule has 0 unspecified atom stereocenters. The highest BCUT2D eigenvalue weighted by atomic mass is 19.2. The molecule has 2 rings (SSSR count). The second-order valence-electron chi connectivity index (χ2n) is 4.14. The van der Waals surface area contributed by atoms with Crippen molar-refractivity contribution in [1.82, 2.24) is 5.32 Å². The van der Waals surface area contributed by atoms with Gasteiger partial charge in [-0.25, -0.2) is 22.0 Å². The molecule has 0 saturated carbocycles. The van der Waals surface area contributed by atoms with E-state index in [1.54, 1.807) is 30.3 Å². The first kappa shape index (κ1) is 14.5. The Morgan fingerprint density at radius 1 is 0.650 bits per heavy atom. The summed E-state index contributed by atoms with van der Waals surface area (Å²) in [6, 6.07) is 8.88. The van der Waals surface area contributed by atoms with Crippen LogP contribution < -0.4 is 5.32 Å². The molecule has 0 aliphatic rings. The number of nitrogens with one attached hydrogen (secondary N) is 1. The zero-order valence-electron chi connectivity index (χ0n) is 10.2. The van der Waals surface area contributed by atoms with Crippen LogP contribution in [0.5, 0.6) is 0 Å². The summed E-state index contributed by atoms with van der Waals surface area (Å²) in [7, 11) is 0. The fourth-order valence-corrected chi connectivity index (χ4v) is 1.73. The summed E-state index contributed by atoms with van der Waals surface area (Å²) in [6.45, 7) is -0.207. The first-order chi connectivity index (χ1) is 9.52. The molecule has 0 aliphatic carbocycles. The first-order valence-electron chi connectivity index (χ1n) is 5.77. The van der Waals surface area contributed by atoms with Gasteiger partial charge >= 0.3 is 0 Å². The minimum absolute atomic E-state index is 0.250. The van der Waals surface area contributed by atoms with E-state index in [1.807, 2.05) is 0 Å². The highest BCUT2D eigenvalue weighted by molar-refractivity contribution is 5.24. The number of hydrogen-bond acceptors (Lipinski definition) is 1. The molecular formula is C14H10F5N. The van der Waals surface area contributed by atoms with Gasteiger partial charge in [-0.3, -0.25) is 0 Å². The third-order valence-corrected chi connectivity index (χ3v) is 2.77. The second-order valence-corrected chi connectivity index (χ2v) is 4.14. The molecule has 0 atom stereocenters. The van der Waals surface area contributed by atoms with Crippen LogP contribution in [0, 0.1) is 29.1 Å². The van der Waals surface area contributed by atoms with Crippen LogP contribution in [0.3, 0.4) is 0 Å². The average Bonchev–Trinajstić information content (AvgIpc) is 2.48. The van der Waals surface area contributed by atoms with E-state index in [2.05, 4.69) is 5.32 Å². The lowest BCUT2D eigenvalue weighted by molar-refractivity contribution is 0.367. The Morgan fingerprint density at radius 2 is 1.15 bits per heavy atom. The molecule has 1 nitrogen and oxygen atoms in total. The topological polar surface area (TPSA) is 12.0 Å². The van der Waals surface area contributed by atoms with Crippen molar-refractivity contribution < 1.29 is 22.0 Å². The highest BCUT2D eigenvalue weighted by Crippen LogP contribution is 2.22. The molecule has 0 saturated heterocycles. The fourth-order valence-electron chi connectivity index (χ4n) is 1.73. The molecule has 6 heteroatoms. The predicted molar refractivity (Wildman–Crippen MR) is 63.2 cm³/mol. The standard InChI is InChI=1S/C14H10F5N/c15-10-9(11(16)13(18)14(19)12(10)17)7-20-6-8-4-2-1-3-5-8/h1-5,20H,6-7H2. The molecule has 1 N–H and O–H groups in total. The molecule has 0 aromatic heterocycles. The van der Waals surface area contributed by atoms with Gasteiger partial charge in [0.25, 0.3) is 0 Å². The van der Waals surface area contributed by atoms with Gasteiger partial charge in [-0.15, -0.1) is 0 Å². The van der Waals surface area contributed by atoms with Gasteiger partial charge in [0.1, 0.15) is 0 Å². The van der Waals surface area contributed by atoms with Gasteiger partial charge in [-0.2, -0.15) is 0 Å². The van der Waals surface area contributed by atoms with Gasteiger partial charge in [0.05, 0.1) is 0 Å². The van der Waals surface area contributed by atoms with Crippen LogP contribution in [0.15, 0.2) is 30.3 Å². The largest absolute Gasteiger partial charge is 0.308 e. The summed E-state index contributed by atoms with van der Waals surface area (Å²) >= 11 is 0. The van der Waals surface area contributed by atoms with Crippen molar-refractivity contribution in [3.05, 3.63) is 70.5 Å². The van der Waals surface area contributed by atoms with Crippen molar-refractivity contribution in [1.29, 1.82) is 0 Å². The minimum Gasteiger partial charge on any atom is -0.308 e. The second kappa shape index (κ2) is 6.00. The van der Waals surface area contributed by atoms with E-state index in [0.717, 1.165) is 5.56 Å². The molecule has 0 heterocycles. The van der Waals surface area contributed by atoms with Crippen LogP contribution in [0.1, 0.15) is 11.1 Å². The van der Waals surface area contributed by atoms with E-state index in [1.165, 1.54) is 0 Å². The van der Waals surface area contributed by atoms with Gasteiger partial charge in [-0.05, 0) is 5.56 Å². The van der Waals surface area contributed by atoms with Crippen molar-refractivity contribution in [2.45, 2.75) is 13.1 Å². The van der Waals surface area contributed by atoms with E-state index in [9.17, 15) is 22.0 Å². The Morgan fingerprint density at radius 3 is 1.70 bits per heavy atom. The lowest BCUT2D eigenvalue weighted by Crippen LogP contribution is -2.17. The Hall–Kier alpha value is -1.95. The van der Waals surface area contributed by atoms with Crippen molar-refractivity contribution in [2.75, 3.05) is 0 Å². The van der Waals surface area contributed by atoms with Crippen LogP contribution in [0.4, 0.5) is 22.0 Å². The lowest BCUT2D eigenvalue weighted by atomic mass is 10.1. The zero-order valence-corrected chi connectivity index (χ0v) is 10.2. The molecule has 2 aromatic carbocycles. The number of benzene rings is 2. The van der Waals surface area contributed by atoms with E-state index >= 15 is 0 Å². The Bertz CT molecular complexity index is 584. The SMILES string of the molecule is Fc1c(F)c(F)c(CNCc2ccccc2)c(F)c1F. The van der Waals surface area contributed by atoms with Crippen LogP contribution in [-0.2, 0) is 13.1 Å². The van der Waals surface area contributed by atoms with E-state index in [-0.39, 0.29) is 6.54 Å². The van der Waals surface area contributed by atoms with Crippen LogP contribution in [-0.4, -0.2) is 0 Å². The Labute approximate surface area is 112 Å². The molecule has 20 heavy (non-hydrogen) atoms. The number of halogens is 5. The summed E-state index contributed by atoms with van der Waals surface area (Å²) in [5.41, 5.74) is -0.0336. The van der Waals surface area contributed by atoms with Gasteiger partial charge in [-0.1, -0.05) is 30.3 Å². The maximum Gasteiger partial charge on any atom is 0.200 e. The van der Waals surface area contributed by atoms with Crippen molar-refractivity contribution in [3.63, 3.8) is 0 Å². The van der Waals surface area contributed by atoms with Gasteiger partial charge in [0.15, 0.2) is 23.3 Å². The third kappa shape index (κ3) is 2.80. The Kier molecular flexibility index (Phi) is 4.34.